The Labute approximate surface area is 180 Å². The Hall–Kier alpha value is -3.28. The summed E-state index contributed by atoms with van der Waals surface area (Å²) in [6, 6.07) is 6.26. The van der Waals surface area contributed by atoms with E-state index in [-0.39, 0.29) is 16.5 Å². The zero-order valence-electron chi connectivity index (χ0n) is 15.7. The molecule has 0 aliphatic carbocycles. The van der Waals surface area contributed by atoms with E-state index in [0.717, 1.165) is 17.8 Å². The lowest BCUT2D eigenvalue weighted by molar-refractivity contribution is -0.143. The van der Waals surface area contributed by atoms with Crippen LogP contribution in [0.1, 0.15) is 22.3 Å². The number of nitrogens with zero attached hydrogens (tertiary/aromatic N) is 2. The van der Waals surface area contributed by atoms with Crippen molar-refractivity contribution < 1.29 is 35.9 Å². The highest BCUT2D eigenvalue weighted by Gasteiger charge is 2.38. The Morgan fingerprint density at radius 3 is 2.38 bits per heavy atom. The summed E-state index contributed by atoms with van der Waals surface area (Å²) in [5.41, 5.74) is -2.12. The maximum absolute atomic E-state index is 13.4. The molecule has 166 valence electrons. The highest BCUT2D eigenvalue weighted by atomic mass is 32.2. The quantitative estimate of drug-likeness (QED) is 0.408. The number of amides is 2. The highest BCUT2D eigenvalue weighted by Crippen LogP contribution is 2.38. The molecule has 1 fully saturated rings. The number of benzene rings is 2. The molecule has 4 rings (SSSR count). The van der Waals surface area contributed by atoms with Gasteiger partial charge in [0.05, 0.1) is 34.3 Å². The number of hydrogen-bond acceptors (Lipinski definition) is 4. The van der Waals surface area contributed by atoms with E-state index in [1.54, 1.807) is 18.2 Å². The predicted molar refractivity (Wildman–Crippen MR) is 104 cm³/mol. The van der Waals surface area contributed by atoms with Gasteiger partial charge >= 0.3 is 12.4 Å². The first kappa shape index (κ1) is 21.9. The average Bonchev–Trinajstić information content (AvgIpc) is 3.22. The molecule has 0 bridgehead atoms. The summed E-state index contributed by atoms with van der Waals surface area (Å²) >= 11 is 0.742. The van der Waals surface area contributed by atoms with Gasteiger partial charge in [-0.05, 0) is 53.2 Å². The molecule has 0 radical (unpaired) electrons. The van der Waals surface area contributed by atoms with Gasteiger partial charge in [-0.15, -0.1) is 0 Å². The first-order valence-corrected chi connectivity index (χ1v) is 9.71. The van der Waals surface area contributed by atoms with Crippen LogP contribution in [0.2, 0.25) is 0 Å². The third kappa shape index (κ3) is 4.35. The van der Waals surface area contributed by atoms with Crippen molar-refractivity contribution in [1.82, 2.24) is 15.1 Å². The molecule has 0 saturated carbocycles. The molecular weight excluding hydrogens is 460 g/mol. The summed E-state index contributed by atoms with van der Waals surface area (Å²) in [4.78, 5) is 23.1. The van der Waals surface area contributed by atoms with E-state index in [0.29, 0.717) is 22.5 Å². The number of rotatable bonds is 3. The smallest absolute Gasteiger partial charge is 0.282 e. The third-order valence-electron chi connectivity index (χ3n) is 4.67. The van der Waals surface area contributed by atoms with Crippen molar-refractivity contribution >= 4 is 39.9 Å². The van der Waals surface area contributed by atoms with Crippen LogP contribution in [0.4, 0.5) is 31.1 Å². The molecule has 5 nitrogen and oxygen atoms in total. The summed E-state index contributed by atoms with van der Waals surface area (Å²) in [5, 5.41) is 6.22. The largest absolute Gasteiger partial charge is 0.416 e. The van der Waals surface area contributed by atoms with Gasteiger partial charge in [0.15, 0.2) is 0 Å². The molecule has 0 atom stereocenters. The Balaban J connectivity index is 1.68. The van der Waals surface area contributed by atoms with Crippen molar-refractivity contribution in [2.75, 3.05) is 0 Å². The van der Waals surface area contributed by atoms with E-state index in [4.69, 9.17) is 0 Å². The standard InChI is InChI=1S/C20H11F6N3O2S/c21-19(22,23)13-3-2-11(14(7-13)20(24,25)26)9-29-15-4-1-10(5-12(15)8-27-29)6-16-17(30)28-18(31)32-16/h1-8H,9H2,(H,28,30,31)/b16-6-. The van der Waals surface area contributed by atoms with Crippen LogP contribution >= 0.6 is 11.8 Å². The van der Waals surface area contributed by atoms with E-state index < -0.39 is 41.2 Å². The van der Waals surface area contributed by atoms with Crippen LogP contribution < -0.4 is 5.32 Å². The Morgan fingerprint density at radius 1 is 1.00 bits per heavy atom. The maximum atomic E-state index is 13.4. The molecule has 12 heteroatoms. The molecule has 2 amide bonds. The SMILES string of the molecule is O=C1NC(=O)/C(=C/c2ccc3c(cnn3Cc3ccc(C(F)(F)F)cc3C(F)(F)F)c2)S1. The number of aromatic nitrogens is 2. The summed E-state index contributed by atoms with van der Waals surface area (Å²) in [5.74, 6) is -0.530. The van der Waals surface area contributed by atoms with Crippen LogP contribution in [-0.2, 0) is 23.7 Å². The predicted octanol–water partition coefficient (Wildman–Crippen LogP) is 5.45. The van der Waals surface area contributed by atoms with Gasteiger partial charge in [0.2, 0.25) is 0 Å². The van der Waals surface area contributed by atoms with Crippen molar-refractivity contribution in [2.24, 2.45) is 0 Å². The second-order valence-corrected chi connectivity index (χ2v) is 7.85. The lowest BCUT2D eigenvalue weighted by Crippen LogP contribution is -2.17. The monoisotopic (exact) mass is 471 g/mol. The second-order valence-electron chi connectivity index (χ2n) is 6.84. The first-order valence-electron chi connectivity index (χ1n) is 8.89. The Morgan fingerprint density at radius 2 is 1.75 bits per heavy atom. The number of nitrogens with one attached hydrogen (secondary N) is 1. The number of carbonyl (C=O) groups excluding carboxylic acids is 2. The fourth-order valence-corrected chi connectivity index (χ4v) is 3.89. The Kier molecular flexibility index (Phi) is 5.27. The lowest BCUT2D eigenvalue weighted by atomic mass is 10.0. The van der Waals surface area contributed by atoms with E-state index in [9.17, 15) is 35.9 Å². The highest BCUT2D eigenvalue weighted by molar-refractivity contribution is 8.18. The van der Waals surface area contributed by atoms with Gasteiger partial charge in [0, 0.05) is 5.39 Å². The number of fused-ring (bicyclic) bond motifs is 1. The van der Waals surface area contributed by atoms with E-state index in [1.807, 2.05) is 0 Å². The van der Waals surface area contributed by atoms with Crippen LogP contribution in [0.3, 0.4) is 0 Å². The number of halogens is 6. The molecule has 2 heterocycles. The van der Waals surface area contributed by atoms with Crippen LogP contribution in [0.5, 0.6) is 0 Å². The van der Waals surface area contributed by atoms with Gasteiger partial charge in [0.1, 0.15) is 0 Å². The molecule has 0 unspecified atom stereocenters. The van der Waals surface area contributed by atoms with Gasteiger partial charge in [0.25, 0.3) is 11.1 Å². The van der Waals surface area contributed by atoms with Crippen molar-refractivity contribution in [3.8, 4) is 0 Å². The van der Waals surface area contributed by atoms with Gasteiger partial charge < -0.3 is 0 Å². The van der Waals surface area contributed by atoms with Gasteiger partial charge in [-0.3, -0.25) is 19.6 Å². The van der Waals surface area contributed by atoms with Crippen molar-refractivity contribution in [3.05, 3.63) is 69.8 Å². The lowest BCUT2D eigenvalue weighted by Gasteiger charge is -2.16. The zero-order valence-corrected chi connectivity index (χ0v) is 16.5. The van der Waals surface area contributed by atoms with Crippen LogP contribution in [0, 0.1) is 0 Å². The normalized spacial score (nSPS) is 16.2. The van der Waals surface area contributed by atoms with Crippen molar-refractivity contribution in [3.63, 3.8) is 0 Å². The molecule has 1 aromatic heterocycles. The number of imide groups is 1. The van der Waals surface area contributed by atoms with E-state index >= 15 is 0 Å². The van der Waals surface area contributed by atoms with Crippen LogP contribution in [0.15, 0.2) is 47.5 Å². The minimum absolute atomic E-state index is 0.0942. The summed E-state index contributed by atoms with van der Waals surface area (Å²) in [6.45, 7) is -0.399. The van der Waals surface area contributed by atoms with Crippen molar-refractivity contribution in [2.45, 2.75) is 18.9 Å². The number of carbonyl (C=O) groups is 2. The van der Waals surface area contributed by atoms with Gasteiger partial charge in [-0.1, -0.05) is 12.1 Å². The van der Waals surface area contributed by atoms with Crippen molar-refractivity contribution in [1.29, 1.82) is 0 Å². The summed E-state index contributed by atoms with van der Waals surface area (Å²) < 4.78 is 80.1. The molecule has 32 heavy (non-hydrogen) atoms. The molecule has 2 aromatic carbocycles. The molecule has 1 aliphatic heterocycles. The molecule has 1 saturated heterocycles. The van der Waals surface area contributed by atoms with Gasteiger partial charge in [-0.25, -0.2) is 0 Å². The van der Waals surface area contributed by atoms with Gasteiger partial charge in [-0.2, -0.15) is 31.4 Å². The van der Waals surface area contributed by atoms with E-state index in [2.05, 4.69) is 10.4 Å². The zero-order chi connectivity index (χ0) is 23.3. The maximum Gasteiger partial charge on any atom is 0.416 e. The number of hydrogen-bond donors (Lipinski definition) is 1. The van der Waals surface area contributed by atoms with Crippen LogP contribution in [-0.4, -0.2) is 20.9 Å². The fourth-order valence-electron chi connectivity index (χ4n) is 3.21. The molecule has 0 spiro atoms. The number of alkyl halides is 6. The minimum Gasteiger partial charge on any atom is -0.282 e. The fraction of sp³-hybridized carbons (Fsp3) is 0.150. The topological polar surface area (TPSA) is 64.0 Å². The summed E-state index contributed by atoms with van der Waals surface area (Å²) in [7, 11) is 0. The Bertz CT molecular complexity index is 1280. The molecule has 3 aromatic rings. The molecular formula is C20H11F6N3O2S. The van der Waals surface area contributed by atoms with E-state index in [1.165, 1.54) is 17.0 Å². The average molecular weight is 471 g/mol. The minimum atomic E-state index is -4.98. The number of thioether (sulfide) groups is 1. The summed E-state index contributed by atoms with van der Waals surface area (Å²) in [6.07, 6.45) is -7.00. The molecule has 1 N–H and O–H groups in total. The first-order chi connectivity index (χ1) is 14.9. The third-order valence-corrected chi connectivity index (χ3v) is 5.48. The van der Waals surface area contributed by atoms with Crippen LogP contribution in [0.25, 0.3) is 17.0 Å². The second kappa shape index (κ2) is 7.69. The molecule has 1 aliphatic rings.